The first-order valence-corrected chi connectivity index (χ1v) is 8.89. The molecule has 2 aromatic rings. The number of Topliss-reactive ketones (excluding diaryl/α,β-unsaturated/α-hetero) is 1. The maximum atomic E-state index is 12.9. The lowest BCUT2D eigenvalue weighted by molar-refractivity contribution is -0.129. The molecule has 132 valence electrons. The fourth-order valence-electron chi connectivity index (χ4n) is 2.96. The Labute approximate surface area is 150 Å². The SMILES string of the molecule is CN(C)CCCN1C(=O)C(O)=C(C(=O)c2cccs2)C1c1ccco1. The quantitative estimate of drug-likeness (QED) is 0.769. The summed E-state index contributed by atoms with van der Waals surface area (Å²) in [6, 6.07) is 6.19. The van der Waals surface area contributed by atoms with Crippen LogP contribution in [0.1, 0.15) is 27.9 Å². The van der Waals surface area contributed by atoms with Crippen LogP contribution in [0.3, 0.4) is 0 Å². The summed E-state index contributed by atoms with van der Waals surface area (Å²) in [6.45, 7) is 1.22. The molecular formula is C18H20N2O4S. The number of ketones is 1. The molecule has 1 amide bonds. The molecule has 0 radical (unpaired) electrons. The lowest BCUT2D eigenvalue weighted by Crippen LogP contribution is -2.33. The molecule has 2 aromatic heterocycles. The fraction of sp³-hybridized carbons (Fsp3) is 0.333. The van der Waals surface area contributed by atoms with Crippen molar-refractivity contribution >= 4 is 23.0 Å². The minimum Gasteiger partial charge on any atom is -0.503 e. The van der Waals surface area contributed by atoms with E-state index in [1.807, 2.05) is 19.0 Å². The minimum absolute atomic E-state index is 0.0900. The van der Waals surface area contributed by atoms with E-state index in [-0.39, 0.29) is 11.4 Å². The Morgan fingerprint density at radius 2 is 2.16 bits per heavy atom. The van der Waals surface area contributed by atoms with Crippen LogP contribution in [0.4, 0.5) is 0 Å². The van der Waals surface area contributed by atoms with Gasteiger partial charge in [0, 0.05) is 6.54 Å². The van der Waals surface area contributed by atoms with Gasteiger partial charge < -0.3 is 19.3 Å². The van der Waals surface area contributed by atoms with Crippen LogP contribution in [0.2, 0.25) is 0 Å². The van der Waals surface area contributed by atoms with E-state index in [4.69, 9.17) is 4.42 Å². The van der Waals surface area contributed by atoms with Crippen LogP contribution in [0, 0.1) is 0 Å². The number of amides is 1. The van der Waals surface area contributed by atoms with Crippen LogP contribution in [0.15, 0.2) is 51.7 Å². The summed E-state index contributed by atoms with van der Waals surface area (Å²) in [6.07, 6.45) is 2.23. The number of aliphatic hydroxyl groups excluding tert-OH is 1. The summed E-state index contributed by atoms with van der Waals surface area (Å²) in [4.78, 5) is 29.5. The molecule has 6 nitrogen and oxygen atoms in total. The number of rotatable bonds is 7. The van der Waals surface area contributed by atoms with Gasteiger partial charge in [0.1, 0.15) is 11.8 Å². The summed E-state index contributed by atoms with van der Waals surface area (Å²) in [5.41, 5.74) is 0.0900. The highest BCUT2D eigenvalue weighted by molar-refractivity contribution is 7.12. The first-order valence-electron chi connectivity index (χ1n) is 8.01. The minimum atomic E-state index is -0.695. The summed E-state index contributed by atoms with van der Waals surface area (Å²) < 4.78 is 5.47. The molecule has 3 rings (SSSR count). The van der Waals surface area contributed by atoms with Gasteiger partial charge in [0.25, 0.3) is 5.91 Å². The molecule has 0 spiro atoms. The van der Waals surface area contributed by atoms with Crippen molar-refractivity contribution in [1.29, 1.82) is 0 Å². The molecule has 1 unspecified atom stereocenters. The highest BCUT2D eigenvalue weighted by atomic mass is 32.1. The van der Waals surface area contributed by atoms with E-state index >= 15 is 0 Å². The molecule has 0 aromatic carbocycles. The average Bonchev–Trinajstić information content (AvgIpc) is 3.31. The number of carbonyl (C=O) groups is 2. The summed E-state index contributed by atoms with van der Waals surface area (Å²) >= 11 is 1.28. The molecule has 1 N–H and O–H groups in total. The van der Waals surface area contributed by atoms with Crippen molar-refractivity contribution in [2.45, 2.75) is 12.5 Å². The zero-order valence-corrected chi connectivity index (χ0v) is 15.0. The number of carbonyl (C=O) groups excluding carboxylic acids is 2. The van der Waals surface area contributed by atoms with Gasteiger partial charge in [-0.1, -0.05) is 6.07 Å². The maximum Gasteiger partial charge on any atom is 0.290 e. The number of nitrogens with zero attached hydrogens (tertiary/aromatic N) is 2. The predicted molar refractivity (Wildman–Crippen MR) is 94.6 cm³/mol. The largest absolute Gasteiger partial charge is 0.503 e. The average molecular weight is 360 g/mol. The van der Waals surface area contributed by atoms with Crippen LogP contribution in [0.5, 0.6) is 0 Å². The van der Waals surface area contributed by atoms with Gasteiger partial charge in [-0.05, 0) is 50.6 Å². The smallest absolute Gasteiger partial charge is 0.290 e. The summed E-state index contributed by atoms with van der Waals surface area (Å²) in [7, 11) is 3.91. The molecule has 7 heteroatoms. The van der Waals surface area contributed by atoms with Gasteiger partial charge in [-0.25, -0.2) is 0 Å². The van der Waals surface area contributed by atoms with Crippen molar-refractivity contribution < 1.29 is 19.1 Å². The Kier molecular flexibility index (Phi) is 5.06. The molecule has 0 fully saturated rings. The number of aliphatic hydroxyl groups is 1. The third kappa shape index (κ3) is 3.38. The van der Waals surface area contributed by atoms with Crippen LogP contribution in [-0.2, 0) is 4.79 Å². The third-order valence-electron chi connectivity index (χ3n) is 4.11. The first-order chi connectivity index (χ1) is 12.0. The Balaban J connectivity index is 1.94. The second kappa shape index (κ2) is 7.25. The molecule has 0 saturated carbocycles. The Bertz CT molecular complexity index is 778. The number of hydrogen-bond donors (Lipinski definition) is 1. The number of furan rings is 1. The van der Waals surface area contributed by atoms with E-state index in [0.29, 0.717) is 17.2 Å². The van der Waals surface area contributed by atoms with Gasteiger partial charge in [0.2, 0.25) is 5.78 Å². The highest BCUT2D eigenvalue weighted by Crippen LogP contribution is 2.39. The van der Waals surface area contributed by atoms with Crippen molar-refractivity contribution in [3.05, 3.63) is 57.9 Å². The second-order valence-corrected chi connectivity index (χ2v) is 7.09. The normalized spacial score (nSPS) is 17.8. The highest BCUT2D eigenvalue weighted by Gasteiger charge is 2.45. The van der Waals surface area contributed by atoms with Crippen molar-refractivity contribution in [2.75, 3.05) is 27.2 Å². The Hall–Kier alpha value is -2.38. The van der Waals surface area contributed by atoms with Crippen molar-refractivity contribution in [3.8, 4) is 0 Å². The predicted octanol–water partition coefficient (Wildman–Crippen LogP) is 2.87. The standard InChI is InChI=1S/C18H20N2O4S/c1-19(2)8-5-9-20-15(12-6-3-10-24-12)14(17(22)18(20)23)16(21)13-7-4-11-25-13/h3-4,6-7,10-11,15,22H,5,8-9H2,1-2H3. The van der Waals surface area contributed by atoms with Crippen molar-refractivity contribution in [1.82, 2.24) is 9.80 Å². The Morgan fingerprint density at radius 3 is 2.76 bits per heavy atom. The fourth-order valence-corrected chi connectivity index (χ4v) is 3.63. The molecular weight excluding hydrogens is 340 g/mol. The maximum absolute atomic E-state index is 12.9. The summed E-state index contributed by atoms with van der Waals surface area (Å²) in [5, 5.41) is 12.2. The van der Waals surface area contributed by atoms with E-state index in [2.05, 4.69) is 0 Å². The van der Waals surface area contributed by atoms with Gasteiger partial charge in [-0.15, -0.1) is 11.3 Å². The van der Waals surface area contributed by atoms with Gasteiger partial charge in [0.05, 0.1) is 16.7 Å². The lowest BCUT2D eigenvalue weighted by Gasteiger charge is -2.25. The molecule has 25 heavy (non-hydrogen) atoms. The van der Waals surface area contributed by atoms with E-state index in [9.17, 15) is 14.7 Å². The van der Waals surface area contributed by atoms with E-state index in [1.54, 1.807) is 29.6 Å². The van der Waals surface area contributed by atoms with Crippen LogP contribution < -0.4 is 0 Å². The van der Waals surface area contributed by atoms with Gasteiger partial charge in [-0.2, -0.15) is 0 Å². The molecule has 0 saturated heterocycles. The monoisotopic (exact) mass is 360 g/mol. The second-order valence-electron chi connectivity index (χ2n) is 6.14. The zero-order chi connectivity index (χ0) is 18.0. The molecule has 1 aliphatic heterocycles. The van der Waals surface area contributed by atoms with Crippen LogP contribution in [0.25, 0.3) is 0 Å². The summed E-state index contributed by atoms with van der Waals surface area (Å²) in [5.74, 6) is -0.871. The molecule has 0 aliphatic carbocycles. The molecule has 1 atom stereocenters. The van der Waals surface area contributed by atoms with Gasteiger partial charge >= 0.3 is 0 Å². The molecule has 1 aliphatic rings. The molecule has 3 heterocycles. The van der Waals surface area contributed by atoms with E-state index in [0.717, 1.165) is 13.0 Å². The van der Waals surface area contributed by atoms with E-state index in [1.165, 1.54) is 22.5 Å². The first kappa shape index (κ1) is 17.4. The van der Waals surface area contributed by atoms with Gasteiger partial charge in [-0.3, -0.25) is 9.59 Å². The number of thiophene rings is 1. The Morgan fingerprint density at radius 1 is 1.36 bits per heavy atom. The van der Waals surface area contributed by atoms with Crippen LogP contribution in [-0.4, -0.2) is 53.8 Å². The van der Waals surface area contributed by atoms with E-state index < -0.39 is 17.7 Å². The lowest BCUT2D eigenvalue weighted by atomic mass is 10.00. The number of hydrogen-bond acceptors (Lipinski definition) is 6. The molecule has 0 bridgehead atoms. The third-order valence-corrected chi connectivity index (χ3v) is 4.98. The zero-order valence-electron chi connectivity index (χ0n) is 14.1. The van der Waals surface area contributed by atoms with Gasteiger partial charge in [0.15, 0.2) is 5.76 Å². The van der Waals surface area contributed by atoms with Crippen molar-refractivity contribution in [2.24, 2.45) is 0 Å². The van der Waals surface area contributed by atoms with Crippen LogP contribution >= 0.6 is 11.3 Å². The topological polar surface area (TPSA) is 74.0 Å². The van der Waals surface area contributed by atoms with Crippen molar-refractivity contribution in [3.63, 3.8) is 0 Å².